The van der Waals surface area contributed by atoms with Crippen LogP contribution in [-0.2, 0) is 16.1 Å². The molecule has 0 saturated carbocycles. The van der Waals surface area contributed by atoms with Crippen LogP contribution >= 0.6 is 23.2 Å². The van der Waals surface area contributed by atoms with E-state index in [-0.39, 0.29) is 22.9 Å². The summed E-state index contributed by atoms with van der Waals surface area (Å²) < 4.78 is 5.83. The lowest BCUT2D eigenvalue weighted by Gasteiger charge is -2.25. The van der Waals surface area contributed by atoms with Crippen molar-refractivity contribution in [2.75, 3.05) is 6.61 Å². The SMILES string of the molecule is Cc1cc(/C(O)=C2/C(=O)C(=O)N(Cc3ccccn3)C2c2ccc(Cl)c(Cl)c2)ccc1OCC(C)C. The Balaban J connectivity index is 1.81. The van der Waals surface area contributed by atoms with Crippen molar-refractivity contribution < 1.29 is 19.4 Å². The molecule has 1 fully saturated rings. The summed E-state index contributed by atoms with van der Waals surface area (Å²) in [5.41, 5.74) is 2.34. The van der Waals surface area contributed by atoms with Crippen molar-refractivity contribution in [2.45, 2.75) is 33.4 Å². The number of carbonyl (C=O) groups is 2. The number of carbonyl (C=O) groups excluding carboxylic acids is 2. The van der Waals surface area contributed by atoms with Crippen LogP contribution in [0.1, 0.15) is 42.3 Å². The summed E-state index contributed by atoms with van der Waals surface area (Å²) in [6.45, 7) is 6.61. The Morgan fingerprint density at radius 3 is 2.50 bits per heavy atom. The molecular formula is C28H26Cl2N2O4. The first-order chi connectivity index (χ1) is 17.2. The molecule has 4 rings (SSSR count). The third-order valence-corrected chi connectivity index (χ3v) is 6.62. The molecule has 0 bridgehead atoms. The second kappa shape index (κ2) is 10.7. The Kier molecular flexibility index (Phi) is 7.67. The zero-order valence-electron chi connectivity index (χ0n) is 20.2. The number of ketones is 1. The number of aryl methyl sites for hydroxylation is 1. The minimum absolute atomic E-state index is 0.0235. The average Bonchev–Trinajstić information content (AvgIpc) is 3.10. The molecule has 3 aromatic rings. The first kappa shape index (κ1) is 25.7. The highest BCUT2D eigenvalue weighted by Crippen LogP contribution is 2.42. The van der Waals surface area contributed by atoms with E-state index in [4.69, 9.17) is 27.9 Å². The number of Topliss-reactive ketones (excluding diaryl/α,β-unsaturated/α-hetero) is 1. The van der Waals surface area contributed by atoms with Gasteiger partial charge in [-0.25, -0.2) is 0 Å². The number of hydrogen-bond donors (Lipinski definition) is 1. The monoisotopic (exact) mass is 524 g/mol. The van der Waals surface area contributed by atoms with Gasteiger partial charge in [0.1, 0.15) is 11.5 Å². The summed E-state index contributed by atoms with van der Waals surface area (Å²) in [5, 5.41) is 12.0. The third-order valence-electron chi connectivity index (χ3n) is 5.88. The molecule has 0 spiro atoms. The molecule has 36 heavy (non-hydrogen) atoms. The van der Waals surface area contributed by atoms with Crippen LogP contribution in [0.25, 0.3) is 5.76 Å². The van der Waals surface area contributed by atoms with E-state index in [1.165, 1.54) is 4.90 Å². The zero-order chi connectivity index (χ0) is 26.0. The predicted octanol–water partition coefficient (Wildman–Crippen LogP) is 6.35. The van der Waals surface area contributed by atoms with Crippen molar-refractivity contribution >= 4 is 40.7 Å². The Hall–Kier alpha value is -3.35. The number of pyridine rings is 1. The Bertz CT molecular complexity index is 1340. The molecule has 0 radical (unpaired) electrons. The van der Waals surface area contributed by atoms with Crippen LogP contribution in [0.15, 0.2) is 66.4 Å². The summed E-state index contributed by atoms with van der Waals surface area (Å²) in [4.78, 5) is 32.1. The van der Waals surface area contributed by atoms with E-state index in [9.17, 15) is 14.7 Å². The molecule has 2 heterocycles. The fourth-order valence-corrected chi connectivity index (χ4v) is 4.42. The number of aliphatic hydroxyl groups is 1. The lowest BCUT2D eigenvalue weighted by Crippen LogP contribution is -2.29. The van der Waals surface area contributed by atoms with Gasteiger partial charge in [0.05, 0.1) is 40.5 Å². The maximum atomic E-state index is 13.3. The smallest absolute Gasteiger partial charge is 0.296 e. The number of aromatic nitrogens is 1. The van der Waals surface area contributed by atoms with E-state index in [2.05, 4.69) is 18.8 Å². The van der Waals surface area contributed by atoms with Gasteiger partial charge in [-0.2, -0.15) is 0 Å². The van der Waals surface area contributed by atoms with Crippen LogP contribution in [0.3, 0.4) is 0 Å². The van der Waals surface area contributed by atoms with E-state index in [0.717, 1.165) is 5.56 Å². The van der Waals surface area contributed by atoms with Gasteiger partial charge in [0.25, 0.3) is 11.7 Å². The molecule has 1 saturated heterocycles. The standard InChI is InChI=1S/C28H26Cl2N2O4/c1-16(2)15-36-23-10-8-19(12-17(23)3)26(33)24-25(18-7-9-21(29)22(30)13-18)32(28(35)27(24)34)14-20-6-4-5-11-31-20/h4-13,16,25,33H,14-15H2,1-3H3/b26-24-. The molecular weight excluding hydrogens is 499 g/mol. The molecule has 2 aromatic carbocycles. The van der Waals surface area contributed by atoms with E-state index >= 15 is 0 Å². The largest absolute Gasteiger partial charge is 0.507 e. The van der Waals surface area contributed by atoms with Crippen LogP contribution in [0, 0.1) is 12.8 Å². The van der Waals surface area contributed by atoms with Gasteiger partial charge in [0, 0.05) is 11.8 Å². The maximum absolute atomic E-state index is 13.3. The van der Waals surface area contributed by atoms with Crippen LogP contribution in [-0.4, -0.2) is 33.3 Å². The Morgan fingerprint density at radius 1 is 1.08 bits per heavy atom. The topological polar surface area (TPSA) is 79.7 Å². The van der Waals surface area contributed by atoms with Gasteiger partial charge in [-0.1, -0.05) is 49.2 Å². The number of benzene rings is 2. The average molecular weight is 525 g/mol. The van der Waals surface area contributed by atoms with Gasteiger partial charge < -0.3 is 14.7 Å². The molecule has 0 aliphatic carbocycles. The highest BCUT2D eigenvalue weighted by atomic mass is 35.5. The van der Waals surface area contributed by atoms with Crippen molar-refractivity contribution in [2.24, 2.45) is 5.92 Å². The van der Waals surface area contributed by atoms with Gasteiger partial charge in [-0.3, -0.25) is 14.6 Å². The quantitative estimate of drug-likeness (QED) is 0.221. The fourth-order valence-electron chi connectivity index (χ4n) is 4.11. The van der Waals surface area contributed by atoms with Crippen LogP contribution in [0.5, 0.6) is 5.75 Å². The number of rotatable bonds is 7. The summed E-state index contributed by atoms with van der Waals surface area (Å²) in [7, 11) is 0. The lowest BCUT2D eigenvalue weighted by molar-refractivity contribution is -0.140. The number of halogens is 2. The number of hydrogen-bond acceptors (Lipinski definition) is 5. The zero-order valence-corrected chi connectivity index (χ0v) is 21.7. The van der Waals surface area contributed by atoms with E-state index in [1.54, 1.807) is 60.8 Å². The van der Waals surface area contributed by atoms with Crippen molar-refractivity contribution in [3.05, 3.63) is 98.8 Å². The van der Waals surface area contributed by atoms with Crippen molar-refractivity contribution in [1.29, 1.82) is 0 Å². The highest BCUT2D eigenvalue weighted by molar-refractivity contribution is 6.46. The number of aliphatic hydroxyl groups excluding tert-OH is 1. The van der Waals surface area contributed by atoms with Crippen molar-refractivity contribution in [3.8, 4) is 5.75 Å². The molecule has 1 amide bonds. The van der Waals surface area contributed by atoms with Crippen LogP contribution in [0.2, 0.25) is 10.0 Å². The normalized spacial score (nSPS) is 17.2. The van der Waals surface area contributed by atoms with Gasteiger partial charge in [-0.05, 0) is 66.4 Å². The molecule has 8 heteroatoms. The molecule has 1 unspecified atom stereocenters. The second-order valence-electron chi connectivity index (χ2n) is 9.11. The van der Waals surface area contributed by atoms with Crippen molar-refractivity contribution in [3.63, 3.8) is 0 Å². The summed E-state index contributed by atoms with van der Waals surface area (Å²) >= 11 is 12.4. The van der Waals surface area contributed by atoms with E-state index < -0.39 is 17.7 Å². The third kappa shape index (κ3) is 5.25. The first-order valence-corrected chi connectivity index (χ1v) is 12.3. The fraction of sp³-hybridized carbons (Fsp3) is 0.250. The molecule has 1 aliphatic rings. The molecule has 1 atom stereocenters. The molecule has 1 N–H and O–H groups in total. The Morgan fingerprint density at radius 2 is 1.86 bits per heavy atom. The van der Waals surface area contributed by atoms with Crippen LogP contribution < -0.4 is 4.74 Å². The number of nitrogens with zero attached hydrogens (tertiary/aromatic N) is 2. The maximum Gasteiger partial charge on any atom is 0.296 e. The molecule has 1 aliphatic heterocycles. The first-order valence-electron chi connectivity index (χ1n) is 11.5. The van der Waals surface area contributed by atoms with Crippen LogP contribution in [0.4, 0.5) is 0 Å². The lowest BCUT2D eigenvalue weighted by atomic mass is 9.94. The number of ether oxygens (including phenoxy) is 1. The second-order valence-corrected chi connectivity index (χ2v) is 9.92. The Labute approximate surface area is 220 Å². The minimum Gasteiger partial charge on any atom is -0.507 e. The number of likely N-dealkylation sites (tertiary alicyclic amines) is 1. The van der Waals surface area contributed by atoms with Gasteiger partial charge >= 0.3 is 0 Å². The van der Waals surface area contributed by atoms with Gasteiger partial charge in [0.2, 0.25) is 0 Å². The molecule has 6 nitrogen and oxygen atoms in total. The van der Waals surface area contributed by atoms with Gasteiger partial charge in [-0.15, -0.1) is 0 Å². The predicted molar refractivity (Wildman–Crippen MR) is 140 cm³/mol. The van der Waals surface area contributed by atoms with E-state index in [1.807, 2.05) is 6.92 Å². The van der Waals surface area contributed by atoms with Gasteiger partial charge in [0.15, 0.2) is 0 Å². The molecule has 1 aromatic heterocycles. The minimum atomic E-state index is -0.876. The summed E-state index contributed by atoms with van der Waals surface area (Å²) in [6.07, 6.45) is 1.62. The molecule has 186 valence electrons. The summed E-state index contributed by atoms with van der Waals surface area (Å²) in [6, 6.07) is 14.5. The number of amides is 1. The van der Waals surface area contributed by atoms with E-state index in [0.29, 0.717) is 40.1 Å². The summed E-state index contributed by atoms with van der Waals surface area (Å²) in [5.74, 6) is -0.730. The van der Waals surface area contributed by atoms with Crippen molar-refractivity contribution in [1.82, 2.24) is 9.88 Å². The highest BCUT2D eigenvalue weighted by Gasteiger charge is 2.46.